The highest BCUT2D eigenvalue weighted by Gasteiger charge is 2.21. The van der Waals surface area contributed by atoms with Crippen LogP contribution in [0.2, 0.25) is 0 Å². The Labute approximate surface area is 69.8 Å². The molecule has 9 heavy (non-hydrogen) atoms. The van der Waals surface area contributed by atoms with Crippen molar-refractivity contribution >= 4 is 23.0 Å². The van der Waals surface area contributed by atoms with Gasteiger partial charge in [-0.25, -0.2) is 0 Å². The molecule has 0 amide bonds. The molecule has 0 aromatic carbocycles. The van der Waals surface area contributed by atoms with E-state index in [2.05, 4.69) is 0 Å². The first-order valence-electron chi connectivity index (χ1n) is 3.37. The molecule has 0 bridgehead atoms. The van der Waals surface area contributed by atoms with Gasteiger partial charge in [-0.3, -0.25) is 0 Å². The lowest BCUT2D eigenvalue weighted by molar-refractivity contribution is 0.186. The lowest BCUT2D eigenvalue weighted by Crippen LogP contribution is -2.37. The minimum atomic E-state index is 0.288. The minimum absolute atomic E-state index is 0.288. The average Bonchev–Trinajstić information content (AvgIpc) is 1.89. The van der Waals surface area contributed by atoms with Gasteiger partial charge in [0, 0.05) is 6.04 Å². The number of halogens is 1. The fourth-order valence-corrected chi connectivity index (χ4v) is 1.87. The second-order valence-electron chi connectivity index (χ2n) is 2.58. The van der Waals surface area contributed by atoms with Gasteiger partial charge in [-0.15, -0.1) is 0 Å². The summed E-state index contributed by atoms with van der Waals surface area (Å²) in [7, 11) is 0. The monoisotopic (exact) mass is 241 g/mol. The number of nitrogens with two attached hydrogens (primary N) is 1. The Morgan fingerprint density at radius 2 is 2.00 bits per heavy atom. The van der Waals surface area contributed by atoms with Gasteiger partial charge in [0.05, 0.1) is 6.10 Å². The maximum Gasteiger partial charge on any atom is 0.110 e. The molecule has 1 aliphatic carbocycles. The van der Waals surface area contributed by atoms with E-state index in [1.54, 1.807) is 0 Å². The summed E-state index contributed by atoms with van der Waals surface area (Å²) in [6.07, 6.45) is 5.15. The third-order valence-electron chi connectivity index (χ3n) is 1.87. The zero-order valence-electron chi connectivity index (χ0n) is 5.35. The molecule has 2 N–H and O–H groups in total. The SMILES string of the molecule is N[C@@H]1CCCC[C@@H]1OI. The van der Waals surface area contributed by atoms with Crippen LogP contribution in [0.15, 0.2) is 0 Å². The van der Waals surface area contributed by atoms with Gasteiger partial charge < -0.3 is 8.80 Å². The van der Waals surface area contributed by atoms with E-state index in [1.165, 1.54) is 12.8 Å². The average molecular weight is 241 g/mol. The van der Waals surface area contributed by atoms with Gasteiger partial charge in [-0.05, 0) is 12.8 Å². The first-order chi connectivity index (χ1) is 4.34. The quantitative estimate of drug-likeness (QED) is 0.708. The molecular weight excluding hydrogens is 229 g/mol. The zero-order chi connectivity index (χ0) is 6.69. The van der Waals surface area contributed by atoms with Crippen molar-refractivity contribution in [3.63, 3.8) is 0 Å². The van der Waals surface area contributed by atoms with Gasteiger partial charge in [0.25, 0.3) is 0 Å². The molecule has 0 unspecified atom stereocenters. The Bertz CT molecular complexity index is 89.1. The van der Waals surface area contributed by atoms with E-state index in [9.17, 15) is 0 Å². The van der Waals surface area contributed by atoms with Crippen molar-refractivity contribution in [2.75, 3.05) is 0 Å². The Balaban J connectivity index is 2.30. The molecule has 3 heteroatoms. The van der Waals surface area contributed by atoms with Gasteiger partial charge in [0.2, 0.25) is 0 Å². The number of hydrogen-bond donors (Lipinski definition) is 1. The largest absolute Gasteiger partial charge is 0.325 e. The maximum absolute atomic E-state index is 5.76. The second kappa shape index (κ2) is 3.73. The van der Waals surface area contributed by atoms with Crippen molar-refractivity contribution in [1.29, 1.82) is 0 Å². The molecule has 0 aromatic heterocycles. The summed E-state index contributed by atoms with van der Waals surface area (Å²) in [5.41, 5.74) is 5.76. The predicted octanol–water partition coefficient (Wildman–Crippen LogP) is 1.62. The molecule has 0 aliphatic heterocycles. The summed E-state index contributed by atoms with van der Waals surface area (Å²) < 4.78 is 5.15. The van der Waals surface area contributed by atoms with Crippen LogP contribution < -0.4 is 5.73 Å². The van der Waals surface area contributed by atoms with Gasteiger partial charge in [-0.1, -0.05) is 12.8 Å². The highest BCUT2D eigenvalue weighted by atomic mass is 127. The Kier molecular flexibility index (Phi) is 3.21. The Hall–Kier alpha value is 0.650. The maximum atomic E-state index is 5.76. The van der Waals surface area contributed by atoms with Crippen molar-refractivity contribution in [1.82, 2.24) is 0 Å². The van der Waals surface area contributed by atoms with Crippen LogP contribution in [-0.2, 0) is 3.07 Å². The molecule has 1 saturated carbocycles. The van der Waals surface area contributed by atoms with Crippen molar-refractivity contribution in [3.05, 3.63) is 0 Å². The standard InChI is InChI=1S/C6H12INO/c7-9-6-4-2-1-3-5(6)8/h5-6H,1-4,8H2/t5-,6+/m1/s1. The molecular formula is C6H12INO. The fraction of sp³-hybridized carbons (Fsp3) is 1.00. The normalized spacial score (nSPS) is 36.7. The summed E-state index contributed by atoms with van der Waals surface area (Å²) in [5, 5.41) is 0. The van der Waals surface area contributed by atoms with Gasteiger partial charge in [0.1, 0.15) is 23.0 Å². The summed E-state index contributed by atoms with van der Waals surface area (Å²) >= 11 is 1.94. The van der Waals surface area contributed by atoms with Crippen LogP contribution in [0.5, 0.6) is 0 Å². The van der Waals surface area contributed by atoms with Crippen LogP contribution in [-0.4, -0.2) is 12.1 Å². The Morgan fingerprint density at radius 1 is 1.33 bits per heavy atom. The molecule has 1 aliphatic rings. The smallest absolute Gasteiger partial charge is 0.110 e. The van der Waals surface area contributed by atoms with Gasteiger partial charge in [-0.2, -0.15) is 0 Å². The lowest BCUT2D eigenvalue weighted by atomic mass is 9.94. The molecule has 0 radical (unpaired) electrons. The van der Waals surface area contributed by atoms with Crippen LogP contribution in [0.4, 0.5) is 0 Å². The summed E-state index contributed by atoms with van der Waals surface area (Å²) in [6.45, 7) is 0. The van der Waals surface area contributed by atoms with E-state index in [4.69, 9.17) is 8.80 Å². The van der Waals surface area contributed by atoms with E-state index in [0.717, 1.165) is 12.8 Å². The molecule has 0 aromatic rings. The third-order valence-corrected chi connectivity index (χ3v) is 2.52. The van der Waals surface area contributed by atoms with Crippen molar-refractivity contribution < 1.29 is 3.07 Å². The van der Waals surface area contributed by atoms with Crippen LogP contribution in [0.1, 0.15) is 25.7 Å². The van der Waals surface area contributed by atoms with E-state index in [-0.39, 0.29) is 6.04 Å². The van der Waals surface area contributed by atoms with Crippen LogP contribution >= 0.6 is 23.0 Å². The van der Waals surface area contributed by atoms with E-state index < -0.39 is 0 Å². The lowest BCUT2D eigenvalue weighted by Gasteiger charge is -2.25. The second-order valence-corrected chi connectivity index (χ2v) is 3.08. The molecule has 2 atom stereocenters. The number of hydrogen-bond acceptors (Lipinski definition) is 2. The van der Waals surface area contributed by atoms with Gasteiger partial charge >= 0.3 is 0 Å². The van der Waals surface area contributed by atoms with Crippen molar-refractivity contribution in [2.45, 2.75) is 37.8 Å². The topological polar surface area (TPSA) is 35.2 Å². The first-order valence-corrected chi connectivity index (χ1v) is 4.25. The third kappa shape index (κ3) is 2.05. The molecule has 1 fully saturated rings. The number of rotatable bonds is 1. The molecule has 0 spiro atoms. The molecule has 1 rings (SSSR count). The fourth-order valence-electron chi connectivity index (χ4n) is 1.24. The minimum Gasteiger partial charge on any atom is -0.325 e. The van der Waals surface area contributed by atoms with Crippen molar-refractivity contribution in [2.24, 2.45) is 5.73 Å². The summed E-state index contributed by atoms with van der Waals surface area (Å²) in [5.74, 6) is 0. The highest BCUT2D eigenvalue weighted by molar-refractivity contribution is 14.1. The molecule has 0 saturated heterocycles. The van der Waals surface area contributed by atoms with Crippen molar-refractivity contribution in [3.8, 4) is 0 Å². The molecule has 0 heterocycles. The summed E-state index contributed by atoms with van der Waals surface area (Å²) in [4.78, 5) is 0. The van der Waals surface area contributed by atoms with Crippen LogP contribution in [0, 0.1) is 0 Å². The zero-order valence-corrected chi connectivity index (χ0v) is 7.50. The van der Waals surface area contributed by atoms with E-state index in [0.29, 0.717) is 6.10 Å². The highest BCUT2D eigenvalue weighted by Crippen LogP contribution is 2.20. The van der Waals surface area contributed by atoms with Crippen LogP contribution in [0.3, 0.4) is 0 Å². The molecule has 2 nitrogen and oxygen atoms in total. The summed E-state index contributed by atoms with van der Waals surface area (Å²) in [6, 6.07) is 0.288. The van der Waals surface area contributed by atoms with E-state index in [1.807, 2.05) is 23.0 Å². The Morgan fingerprint density at radius 3 is 2.44 bits per heavy atom. The van der Waals surface area contributed by atoms with Gasteiger partial charge in [0.15, 0.2) is 0 Å². The predicted molar refractivity (Wildman–Crippen MR) is 45.3 cm³/mol. The molecule has 54 valence electrons. The van der Waals surface area contributed by atoms with E-state index >= 15 is 0 Å². The first kappa shape index (κ1) is 7.75. The van der Waals surface area contributed by atoms with Crippen LogP contribution in [0.25, 0.3) is 0 Å².